The molecule has 1 atom stereocenters. The van der Waals surface area contributed by atoms with Crippen LogP contribution in [0.5, 0.6) is 0 Å². The highest BCUT2D eigenvalue weighted by Crippen LogP contribution is 2.22. The molecule has 0 fully saturated rings. The zero-order valence-electron chi connectivity index (χ0n) is 8.64. The van der Waals surface area contributed by atoms with Crippen LogP contribution in [0.4, 0.5) is 0 Å². The van der Waals surface area contributed by atoms with Gasteiger partial charge in [-0.2, -0.15) is 0 Å². The molecule has 1 aromatic heterocycles. The molecule has 0 saturated carbocycles. The van der Waals surface area contributed by atoms with Crippen LogP contribution in [-0.2, 0) is 9.53 Å². The Balaban J connectivity index is 2.69. The van der Waals surface area contributed by atoms with E-state index in [0.29, 0.717) is 10.3 Å². The minimum Gasteiger partial charge on any atom is -0.467 e. The number of carbonyl (C=O) groups is 2. The lowest BCUT2D eigenvalue weighted by Gasteiger charge is -2.10. The minimum absolute atomic E-state index is 0.356. The number of hydrogen-bond acceptors (Lipinski definition) is 3. The molecule has 0 aliphatic carbocycles. The Kier molecular flexibility index (Phi) is 4.55. The maximum atomic E-state index is 11.6. The van der Waals surface area contributed by atoms with Crippen molar-refractivity contribution in [1.82, 2.24) is 10.3 Å². The molecule has 88 valence electrons. The van der Waals surface area contributed by atoms with Crippen LogP contribution in [0.3, 0.4) is 0 Å². The predicted molar refractivity (Wildman–Crippen MR) is 65.1 cm³/mol. The number of amides is 1. The Morgan fingerprint density at radius 2 is 2.12 bits per heavy atom. The molecule has 1 rings (SSSR count). The van der Waals surface area contributed by atoms with E-state index in [0.717, 1.165) is 4.47 Å². The Bertz CT molecular complexity index is 397. The lowest BCUT2D eigenvalue weighted by atomic mass is 10.3. The molecule has 0 bridgehead atoms. The van der Waals surface area contributed by atoms with Crippen molar-refractivity contribution < 1.29 is 14.3 Å². The topological polar surface area (TPSA) is 71.2 Å². The van der Waals surface area contributed by atoms with Gasteiger partial charge < -0.3 is 15.0 Å². The van der Waals surface area contributed by atoms with E-state index in [1.54, 1.807) is 13.0 Å². The zero-order chi connectivity index (χ0) is 12.3. The van der Waals surface area contributed by atoms with E-state index >= 15 is 0 Å². The van der Waals surface area contributed by atoms with Crippen molar-refractivity contribution in [2.45, 2.75) is 13.0 Å². The number of ether oxygens (including phenoxy) is 1. The normalized spacial score (nSPS) is 12.0. The van der Waals surface area contributed by atoms with E-state index in [1.807, 2.05) is 0 Å². The summed E-state index contributed by atoms with van der Waals surface area (Å²) in [5.74, 6) is -0.859. The summed E-state index contributed by atoms with van der Waals surface area (Å²) in [6.45, 7) is 1.55. The van der Waals surface area contributed by atoms with Crippen LogP contribution in [0, 0.1) is 0 Å². The number of esters is 1. The monoisotopic (exact) mass is 352 g/mol. The molecular weight excluding hydrogens is 344 g/mol. The first-order chi connectivity index (χ1) is 7.45. The fourth-order valence-electron chi connectivity index (χ4n) is 1.04. The number of halogens is 2. The summed E-state index contributed by atoms with van der Waals surface area (Å²) in [5.41, 5.74) is 0.356. The number of aromatic amines is 1. The molecule has 0 saturated heterocycles. The molecule has 7 heteroatoms. The average molecular weight is 354 g/mol. The van der Waals surface area contributed by atoms with Crippen LogP contribution in [0.1, 0.15) is 17.4 Å². The van der Waals surface area contributed by atoms with Crippen LogP contribution in [0.15, 0.2) is 15.1 Å². The number of hydrogen-bond donors (Lipinski definition) is 2. The van der Waals surface area contributed by atoms with Gasteiger partial charge in [0, 0.05) is 0 Å². The molecule has 16 heavy (non-hydrogen) atoms. The summed E-state index contributed by atoms with van der Waals surface area (Å²) in [6, 6.07) is 0.932. The van der Waals surface area contributed by atoms with Gasteiger partial charge in [0.25, 0.3) is 5.91 Å². The number of nitrogens with one attached hydrogen (secondary N) is 2. The van der Waals surface area contributed by atoms with Gasteiger partial charge in [0.2, 0.25) is 0 Å². The van der Waals surface area contributed by atoms with Crippen molar-refractivity contribution >= 4 is 43.7 Å². The summed E-state index contributed by atoms with van der Waals surface area (Å²) >= 11 is 6.46. The summed E-state index contributed by atoms with van der Waals surface area (Å²) < 4.78 is 5.90. The molecule has 0 unspecified atom stereocenters. The fourth-order valence-corrected chi connectivity index (χ4v) is 1.69. The number of H-pyrrole nitrogens is 1. The van der Waals surface area contributed by atoms with Crippen molar-refractivity contribution in [1.29, 1.82) is 0 Å². The van der Waals surface area contributed by atoms with Crippen molar-refractivity contribution in [2.75, 3.05) is 7.11 Å². The molecule has 0 spiro atoms. The van der Waals surface area contributed by atoms with Gasteiger partial charge in [0.05, 0.1) is 16.2 Å². The minimum atomic E-state index is -0.682. The highest BCUT2D eigenvalue weighted by molar-refractivity contribution is 9.13. The van der Waals surface area contributed by atoms with E-state index in [4.69, 9.17) is 0 Å². The highest BCUT2D eigenvalue weighted by Gasteiger charge is 2.18. The smallest absolute Gasteiger partial charge is 0.328 e. The second-order valence-electron chi connectivity index (χ2n) is 3.06. The maximum absolute atomic E-state index is 11.6. The Labute approximate surface area is 109 Å². The molecule has 0 aromatic carbocycles. The van der Waals surface area contributed by atoms with E-state index in [2.05, 4.69) is 46.9 Å². The van der Waals surface area contributed by atoms with Gasteiger partial charge in [-0.25, -0.2) is 4.79 Å². The molecule has 0 aliphatic rings. The first kappa shape index (κ1) is 13.2. The van der Waals surface area contributed by atoms with Crippen LogP contribution in [-0.4, -0.2) is 30.0 Å². The summed E-state index contributed by atoms with van der Waals surface area (Å²) in [7, 11) is 1.27. The van der Waals surface area contributed by atoms with Gasteiger partial charge >= 0.3 is 5.97 Å². The van der Waals surface area contributed by atoms with Crippen LogP contribution >= 0.6 is 31.9 Å². The molecule has 0 radical (unpaired) electrons. The van der Waals surface area contributed by atoms with Crippen molar-refractivity contribution in [3.63, 3.8) is 0 Å². The van der Waals surface area contributed by atoms with E-state index in [-0.39, 0.29) is 5.91 Å². The first-order valence-corrected chi connectivity index (χ1v) is 5.97. The Morgan fingerprint density at radius 1 is 1.50 bits per heavy atom. The zero-order valence-corrected chi connectivity index (χ0v) is 11.8. The lowest BCUT2D eigenvalue weighted by molar-refractivity contribution is -0.142. The molecule has 1 amide bonds. The SMILES string of the molecule is COC(=O)[C@@H](C)NC(=O)c1cc(Br)c(Br)[nH]1. The highest BCUT2D eigenvalue weighted by atomic mass is 79.9. The lowest BCUT2D eigenvalue weighted by Crippen LogP contribution is -2.39. The predicted octanol–water partition coefficient (Wildman–Crippen LogP) is 1.83. The second kappa shape index (κ2) is 5.49. The van der Waals surface area contributed by atoms with Crippen LogP contribution < -0.4 is 5.32 Å². The third-order valence-electron chi connectivity index (χ3n) is 1.87. The average Bonchev–Trinajstić information content (AvgIpc) is 2.58. The molecular formula is C9H10Br2N2O3. The molecule has 1 heterocycles. The number of carbonyl (C=O) groups excluding carboxylic acids is 2. The fraction of sp³-hybridized carbons (Fsp3) is 0.333. The van der Waals surface area contributed by atoms with Gasteiger partial charge in [-0.15, -0.1) is 0 Å². The van der Waals surface area contributed by atoms with E-state index in [1.165, 1.54) is 7.11 Å². The number of rotatable bonds is 3. The van der Waals surface area contributed by atoms with E-state index in [9.17, 15) is 9.59 Å². The van der Waals surface area contributed by atoms with Gasteiger partial charge in [0.15, 0.2) is 0 Å². The Hall–Kier alpha value is -0.820. The molecule has 0 aliphatic heterocycles. The third kappa shape index (κ3) is 3.08. The van der Waals surface area contributed by atoms with Crippen molar-refractivity contribution in [3.05, 3.63) is 20.8 Å². The number of aromatic nitrogens is 1. The summed E-state index contributed by atoms with van der Waals surface area (Å²) in [5, 5.41) is 2.50. The number of methoxy groups -OCH3 is 1. The quantitative estimate of drug-likeness (QED) is 0.814. The standard InChI is InChI=1S/C9H10Br2N2O3/c1-4(9(15)16-2)12-8(14)6-3-5(10)7(11)13-6/h3-4,13H,1-2H3,(H,12,14)/t4-/m1/s1. The summed E-state index contributed by atoms with van der Waals surface area (Å²) in [4.78, 5) is 25.5. The first-order valence-electron chi connectivity index (χ1n) is 4.38. The summed E-state index contributed by atoms with van der Waals surface area (Å²) in [6.07, 6.45) is 0. The molecule has 2 N–H and O–H groups in total. The van der Waals surface area contributed by atoms with Gasteiger partial charge in [0.1, 0.15) is 11.7 Å². The Morgan fingerprint density at radius 3 is 2.56 bits per heavy atom. The molecule has 5 nitrogen and oxygen atoms in total. The molecule has 1 aromatic rings. The van der Waals surface area contributed by atoms with Crippen LogP contribution in [0.2, 0.25) is 0 Å². The van der Waals surface area contributed by atoms with Gasteiger partial charge in [-0.1, -0.05) is 0 Å². The largest absolute Gasteiger partial charge is 0.467 e. The van der Waals surface area contributed by atoms with Crippen molar-refractivity contribution in [2.24, 2.45) is 0 Å². The van der Waals surface area contributed by atoms with Gasteiger partial charge in [-0.3, -0.25) is 4.79 Å². The van der Waals surface area contributed by atoms with Crippen molar-refractivity contribution in [3.8, 4) is 0 Å². The van der Waals surface area contributed by atoms with Crippen LogP contribution in [0.25, 0.3) is 0 Å². The third-order valence-corrected chi connectivity index (χ3v) is 3.66. The maximum Gasteiger partial charge on any atom is 0.328 e. The second-order valence-corrected chi connectivity index (χ2v) is 4.71. The van der Waals surface area contributed by atoms with E-state index < -0.39 is 12.0 Å². The van der Waals surface area contributed by atoms with Gasteiger partial charge in [-0.05, 0) is 44.8 Å².